The Bertz CT molecular complexity index is 253. The highest BCUT2D eigenvalue weighted by Gasteiger charge is 2.31. The summed E-state index contributed by atoms with van der Waals surface area (Å²) in [5.41, 5.74) is 0. The second kappa shape index (κ2) is 6.88. The van der Waals surface area contributed by atoms with Crippen molar-refractivity contribution in [3.8, 4) is 0 Å². The zero-order valence-corrected chi connectivity index (χ0v) is 9.74. The van der Waals surface area contributed by atoms with Crippen molar-refractivity contribution in [2.24, 2.45) is 0 Å². The average molecular weight is 260 g/mol. The molecular weight excluding hydrogens is 245 g/mol. The molecular formula is C9H15F3O3S. The summed E-state index contributed by atoms with van der Waals surface area (Å²) in [6.07, 6.45) is -4.15. The van der Waals surface area contributed by atoms with E-state index in [0.29, 0.717) is 6.42 Å². The number of halogens is 3. The average Bonchev–Trinajstić information content (AvgIpc) is 2.13. The van der Waals surface area contributed by atoms with Gasteiger partial charge in [0.05, 0.1) is 6.42 Å². The molecule has 16 heavy (non-hydrogen) atoms. The number of carbonyl (C=O) groups is 1. The first-order valence-electron chi connectivity index (χ1n) is 4.94. The molecule has 0 aromatic carbocycles. The van der Waals surface area contributed by atoms with Gasteiger partial charge in [0.2, 0.25) is 0 Å². The topological polar surface area (TPSA) is 54.4 Å². The summed E-state index contributed by atoms with van der Waals surface area (Å²) in [7, 11) is -1.96. The number of hydrogen-bond donors (Lipinski definition) is 1. The van der Waals surface area contributed by atoms with Crippen molar-refractivity contribution in [2.75, 3.05) is 5.75 Å². The van der Waals surface area contributed by atoms with Gasteiger partial charge in [0.25, 0.3) is 0 Å². The molecule has 0 aliphatic rings. The molecule has 0 saturated carbocycles. The maximum absolute atomic E-state index is 11.9. The van der Waals surface area contributed by atoms with Crippen molar-refractivity contribution in [3.63, 3.8) is 0 Å². The lowest BCUT2D eigenvalue weighted by Gasteiger charge is -2.12. The van der Waals surface area contributed by atoms with Crippen LogP contribution in [0.4, 0.5) is 13.2 Å². The molecule has 0 aromatic rings. The highest BCUT2D eigenvalue weighted by atomic mass is 32.2. The third kappa shape index (κ3) is 6.81. The largest absolute Gasteiger partial charge is 0.480 e. The molecule has 3 nitrogen and oxygen atoms in total. The Kier molecular flexibility index (Phi) is 6.62. The fraction of sp³-hybridized carbons (Fsp3) is 0.889. The van der Waals surface area contributed by atoms with Gasteiger partial charge in [0.1, 0.15) is 5.25 Å². The molecule has 96 valence electrons. The fourth-order valence-corrected chi connectivity index (χ4v) is 2.49. The van der Waals surface area contributed by atoms with Gasteiger partial charge < -0.3 is 5.11 Å². The second-order valence-electron chi connectivity index (χ2n) is 3.42. The number of alkyl halides is 3. The first-order valence-corrected chi connectivity index (χ1v) is 6.33. The third-order valence-corrected chi connectivity index (χ3v) is 3.68. The summed E-state index contributed by atoms with van der Waals surface area (Å²) in [5, 5.41) is 7.55. The minimum atomic E-state index is -4.39. The summed E-state index contributed by atoms with van der Waals surface area (Å²) in [6.45, 7) is 1.83. The van der Waals surface area contributed by atoms with Crippen LogP contribution in [0.2, 0.25) is 0 Å². The van der Waals surface area contributed by atoms with Gasteiger partial charge in [0, 0.05) is 16.6 Å². The van der Waals surface area contributed by atoms with E-state index in [9.17, 15) is 22.2 Å². The third-order valence-electron chi connectivity index (χ3n) is 2.00. The Morgan fingerprint density at radius 1 is 1.44 bits per heavy atom. The molecule has 0 radical (unpaired) electrons. The lowest BCUT2D eigenvalue weighted by Crippen LogP contribution is -2.28. The van der Waals surface area contributed by atoms with Crippen LogP contribution >= 0.6 is 0 Å². The van der Waals surface area contributed by atoms with Crippen LogP contribution in [0.3, 0.4) is 0 Å². The molecule has 2 atom stereocenters. The van der Waals surface area contributed by atoms with Gasteiger partial charge >= 0.3 is 12.1 Å². The van der Waals surface area contributed by atoms with Gasteiger partial charge in [-0.3, -0.25) is 9.00 Å². The van der Waals surface area contributed by atoms with E-state index in [1.165, 1.54) is 0 Å². The van der Waals surface area contributed by atoms with Crippen molar-refractivity contribution in [2.45, 2.75) is 44.0 Å². The van der Waals surface area contributed by atoms with Gasteiger partial charge in [-0.15, -0.1) is 0 Å². The Balaban J connectivity index is 4.23. The molecule has 0 bridgehead atoms. The van der Waals surface area contributed by atoms with Crippen molar-refractivity contribution in [1.82, 2.24) is 0 Å². The fourth-order valence-electron chi connectivity index (χ4n) is 1.12. The van der Waals surface area contributed by atoms with Gasteiger partial charge in [-0.25, -0.2) is 0 Å². The van der Waals surface area contributed by atoms with Crippen molar-refractivity contribution < 1.29 is 27.3 Å². The zero-order chi connectivity index (χ0) is 12.8. The summed E-state index contributed by atoms with van der Waals surface area (Å²) >= 11 is 0. The SMILES string of the molecule is CCCCC(C(=O)O)S(=O)CCC(F)(F)F. The van der Waals surface area contributed by atoms with E-state index in [4.69, 9.17) is 5.11 Å². The Labute approximate surface area is 94.5 Å². The molecule has 0 aliphatic carbocycles. The van der Waals surface area contributed by atoms with E-state index in [1.54, 1.807) is 0 Å². The van der Waals surface area contributed by atoms with E-state index < -0.39 is 40.4 Å². The molecule has 7 heteroatoms. The number of rotatable bonds is 7. The van der Waals surface area contributed by atoms with E-state index in [-0.39, 0.29) is 6.42 Å². The summed E-state index contributed by atoms with van der Waals surface area (Å²) in [6, 6.07) is 0. The van der Waals surface area contributed by atoms with E-state index in [0.717, 1.165) is 6.42 Å². The first-order chi connectivity index (χ1) is 7.28. The van der Waals surface area contributed by atoms with Gasteiger partial charge in [0.15, 0.2) is 0 Å². The molecule has 0 fully saturated rings. The normalized spacial score (nSPS) is 15.8. The number of aliphatic carboxylic acids is 1. The number of carboxylic acids is 1. The van der Waals surface area contributed by atoms with E-state index in [2.05, 4.69) is 0 Å². The molecule has 2 unspecified atom stereocenters. The molecule has 0 aromatic heterocycles. The van der Waals surface area contributed by atoms with Gasteiger partial charge in [-0.05, 0) is 6.42 Å². The Hall–Kier alpha value is -0.590. The van der Waals surface area contributed by atoms with Crippen LogP contribution in [0.15, 0.2) is 0 Å². The number of carboxylic acid groups (broad SMARTS) is 1. The van der Waals surface area contributed by atoms with Crippen LogP contribution in [0.5, 0.6) is 0 Å². The van der Waals surface area contributed by atoms with Crippen molar-refractivity contribution in [1.29, 1.82) is 0 Å². The maximum atomic E-state index is 11.9. The van der Waals surface area contributed by atoms with Gasteiger partial charge in [-0.1, -0.05) is 19.8 Å². The molecule has 1 N–H and O–H groups in total. The van der Waals surface area contributed by atoms with Crippen LogP contribution in [0.25, 0.3) is 0 Å². The van der Waals surface area contributed by atoms with E-state index in [1.807, 2.05) is 6.92 Å². The molecule has 0 amide bonds. The zero-order valence-electron chi connectivity index (χ0n) is 8.92. The van der Waals surface area contributed by atoms with Crippen molar-refractivity contribution >= 4 is 16.8 Å². The minimum Gasteiger partial charge on any atom is -0.480 e. The quantitative estimate of drug-likeness (QED) is 0.764. The number of hydrogen-bond acceptors (Lipinski definition) is 2. The van der Waals surface area contributed by atoms with Crippen LogP contribution in [0.1, 0.15) is 32.6 Å². The maximum Gasteiger partial charge on any atom is 0.390 e. The molecule has 0 spiro atoms. The highest BCUT2D eigenvalue weighted by molar-refractivity contribution is 7.86. The predicted octanol–water partition coefficient (Wildman–Crippen LogP) is 2.33. The van der Waals surface area contributed by atoms with Crippen LogP contribution < -0.4 is 0 Å². The second-order valence-corrected chi connectivity index (χ2v) is 5.16. The summed E-state index contributed by atoms with van der Waals surface area (Å²) in [4.78, 5) is 10.7. The minimum absolute atomic E-state index is 0.163. The Morgan fingerprint density at radius 3 is 2.38 bits per heavy atom. The number of unbranched alkanes of at least 4 members (excludes halogenated alkanes) is 1. The lowest BCUT2D eigenvalue weighted by atomic mass is 10.2. The predicted molar refractivity (Wildman–Crippen MR) is 54.6 cm³/mol. The standard InChI is InChI=1S/C9H15F3O3S/c1-2-3-4-7(8(13)14)16(15)6-5-9(10,11)12/h7H,2-6H2,1H3,(H,13,14). The molecule has 0 aliphatic heterocycles. The van der Waals surface area contributed by atoms with Crippen LogP contribution in [-0.2, 0) is 15.6 Å². The van der Waals surface area contributed by atoms with Crippen molar-refractivity contribution in [3.05, 3.63) is 0 Å². The van der Waals surface area contributed by atoms with E-state index >= 15 is 0 Å². The molecule has 0 saturated heterocycles. The summed E-state index contributed by atoms with van der Waals surface area (Å²) in [5.74, 6) is -1.92. The highest BCUT2D eigenvalue weighted by Crippen LogP contribution is 2.21. The first kappa shape index (κ1) is 15.4. The van der Waals surface area contributed by atoms with Gasteiger partial charge in [-0.2, -0.15) is 13.2 Å². The lowest BCUT2D eigenvalue weighted by molar-refractivity contribution is -0.137. The molecule has 0 rings (SSSR count). The van der Waals surface area contributed by atoms with Crippen LogP contribution in [-0.4, -0.2) is 32.5 Å². The van der Waals surface area contributed by atoms with Crippen LogP contribution in [0, 0.1) is 0 Å². The monoisotopic (exact) mass is 260 g/mol. The molecule has 0 heterocycles. The smallest absolute Gasteiger partial charge is 0.390 e. The Morgan fingerprint density at radius 2 is 2.00 bits per heavy atom. The summed E-state index contributed by atoms with van der Waals surface area (Å²) < 4.78 is 46.9.